The number of rotatable bonds is 4. The molecule has 2 aromatic rings. The highest BCUT2D eigenvalue weighted by molar-refractivity contribution is 9.10. The Morgan fingerprint density at radius 2 is 1.95 bits per heavy atom. The van der Waals surface area contributed by atoms with Gasteiger partial charge in [0.05, 0.1) is 22.1 Å². The van der Waals surface area contributed by atoms with Gasteiger partial charge in [0.1, 0.15) is 11.0 Å². The summed E-state index contributed by atoms with van der Waals surface area (Å²) in [6, 6.07) is 6.78. The Balaban J connectivity index is 2.14. The van der Waals surface area contributed by atoms with Crippen molar-refractivity contribution in [2.75, 3.05) is 4.72 Å². The Bertz CT molecular complexity index is 723. The molecule has 1 aromatic carbocycles. The SMILES string of the molecule is O=S(=O)(Cc1ccc(F)cc1)Nc1cnc(Cl)c(Br)c1. The molecule has 106 valence electrons. The second-order valence-corrected chi connectivity index (χ2v) is 6.92. The Hall–Kier alpha value is -1.18. The van der Waals surface area contributed by atoms with Crippen LogP contribution in [0.3, 0.4) is 0 Å². The van der Waals surface area contributed by atoms with Crippen LogP contribution in [0.4, 0.5) is 10.1 Å². The van der Waals surface area contributed by atoms with Gasteiger partial charge in [0.15, 0.2) is 0 Å². The topological polar surface area (TPSA) is 59.1 Å². The molecule has 1 N–H and O–H groups in total. The standard InChI is InChI=1S/C12H9BrClFN2O2S/c13-11-5-10(6-16-12(11)14)17-20(18,19)7-8-1-3-9(15)4-2-8/h1-6,17H,7H2. The van der Waals surface area contributed by atoms with Crippen LogP contribution >= 0.6 is 27.5 Å². The van der Waals surface area contributed by atoms with Crippen molar-refractivity contribution in [1.82, 2.24) is 4.98 Å². The first-order chi connectivity index (χ1) is 9.35. The van der Waals surface area contributed by atoms with Crippen LogP contribution in [0, 0.1) is 5.82 Å². The first-order valence-corrected chi connectivity index (χ1v) is 8.24. The summed E-state index contributed by atoms with van der Waals surface area (Å²) >= 11 is 8.88. The van der Waals surface area contributed by atoms with Gasteiger partial charge < -0.3 is 0 Å². The van der Waals surface area contributed by atoms with Crippen LogP contribution in [0.5, 0.6) is 0 Å². The molecule has 1 aromatic heterocycles. The van der Waals surface area contributed by atoms with Crippen LogP contribution in [-0.2, 0) is 15.8 Å². The molecule has 2 rings (SSSR count). The summed E-state index contributed by atoms with van der Waals surface area (Å²) < 4.78 is 39.6. The van der Waals surface area contributed by atoms with Crippen molar-refractivity contribution in [2.24, 2.45) is 0 Å². The minimum absolute atomic E-state index is 0.242. The zero-order valence-corrected chi connectivity index (χ0v) is 13.1. The quantitative estimate of drug-likeness (QED) is 0.826. The Kier molecular flexibility index (Phi) is 4.62. The number of aromatic nitrogens is 1. The fourth-order valence-corrected chi connectivity index (χ4v) is 3.12. The van der Waals surface area contributed by atoms with E-state index >= 15 is 0 Å². The van der Waals surface area contributed by atoms with Gasteiger partial charge in [-0.15, -0.1) is 0 Å². The minimum Gasteiger partial charge on any atom is -0.282 e. The molecule has 0 fully saturated rings. The van der Waals surface area contributed by atoms with Crippen molar-refractivity contribution in [3.63, 3.8) is 0 Å². The second kappa shape index (κ2) is 6.07. The highest BCUT2D eigenvalue weighted by atomic mass is 79.9. The molecule has 0 spiro atoms. The van der Waals surface area contributed by atoms with Gasteiger partial charge in [0, 0.05) is 0 Å². The number of sulfonamides is 1. The highest BCUT2D eigenvalue weighted by Crippen LogP contribution is 2.23. The van der Waals surface area contributed by atoms with Crippen molar-refractivity contribution in [1.29, 1.82) is 0 Å². The van der Waals surface area contributed by atoms with Crippen LogP contribution in [0.25, 0.3) is 0 Å². The molecule has 0 unspecified atom stereocenters. The molecule has 0 saturated carbocycles. The van der Waals surface area contributed by atoms with Gasteiger partial charge in [0.2, 0.25) is 10.0 Å². The zero-order valence-electron chi connectivity index (χ0n) is 9.98. The van der Waals surface area contributed by atoms with Crippen molar-refractivity contribution in [2.45, 2.75) is 5.75 Å². The van der Waals surface area contributed by atoms with Crippen molar-refractivity contribution < 1.29 is 12.8 Å². The number of hydrogen-bond acceptors (Lipinski definition) is 3. The summed E-state index contributed by atoms with van der Waals surface area (Å²) in [4.78, 5) is 3.82. The lowest BCUT2D eigenvalue weighted by Crippen LogP contribution is -2.15. The molecule has 0 amide bonds. The smallest absolute Gasteiger partial charge is 0.236 e. The minimum atomic E-state index is -3.61. The van der Waals surface area contributed by atoms with Crippen molar-refractivity contribution in [3.05, 3.63) is 57.5 Å². The molecular weight excluding hydrogens is 371 g/mol. The van der Waals surface area contributed by atoms with Crippen LogP contribution in [0.15, 0.2) is 41.0 Å². The maximum absolute atomic E-state index is 12.8. The molecule has 8 heteroatoms. The molecule has 0 bridgehead atoms. The number of benzene rings is 1. The fourth-order valence-electron chi connectivity index (χ4n) is 1.49. The van der Waals surface area contributed by atoms with E-state index in [2.05, 4.69) is 25.6 Å². The fraction of sp³-hybridized carbons (Fsp3) is 0.0833. The average Bonchev–Trinajstić information content (AvgIpc) is 2.36. The number of nitrogens with zero attached hydrogens (tertiary/aromatic N) is 1. The van der Waals surface area contributed by atoms with Crippen LogP contribution in [0.2, 0.25) is 5.15 Å². The van der Waals surface area contributed by atoms with Crippen LogP contribution in [-0.4, -0.2) is 13.4 Å². The lowest BCUT2D eigenvalue weighted by atomic mass is 10.2. The predicted octanol–water partition coefficient (Wildman–Crippen LogP) is 3.58. The van der Waals surface area contributed by atoms with Crippen LogP contribution in [0.1, 0.15) is 5.56 Å². The molecule has 0 aliphatic rings. The van der Waals surface area contributed by atoms with E-state index in [-0.39, 0.29) is 10.9 Å². The third-order valence-corrected chi connectivity index (χ3v) is 4.73. The van der Waals surface area contributed by atoms with E-state index in [1.807, 2.05) is 0 Å². The van der Waals surface area contributed by atoms with Crippen molar-refractivity contribution in [3.8, 4) is 0 Å². The van der Waals surface area contributed by atoms with E-state index in [9.17, 15) is 12.8 Å². The van der Waals surface area contributed by atoms with Gasteiger partial charge in [-0.2, -0.15) is 0 Å². The maximum atomic E-state index is 12.8. The van der Waals surface area contributed by atoms with E-state index in [0.717, 1.165) is 0 Å². The maximum Gasteiger partial charge on any atom is 0.236 e. The molecule has 0 saturated heterocycles. The summed E-state index contributed by atoms with van der Waals surface area (Å²) in [6.07, 6.45) is 1.31. The van der Waals surface area contributed by atoms with E-state index in [1.165, 1.54) is 36.5 Å². The summed E-state index contributed by atoms with van der Waals surface area (Å²) in [5.41, 5.74) is 0.781. The summed E-state index contributed by atoms with van der Waals surface area (Å²) in [6.45, 7) is 0. The lowest BCUT2D eigenvalue weighted by Gasteiger charge is -2.08. The molecule has 0 atom stereocenters. The number of halogens is 3. The molecular formula is C12H9BrClFN2O2S. The van der Waals surface area contributed by atoms with E-state index in [4.69, 9.17) is 11.6 Å². The van der Waals surface area contributed by atoms with E-state index < -0.39 is 15.8 Å². The predicted molar refractivity (Wildman–Crippen MR) is 79.6 cm³/mol. The van der Waals surface area contributed by atoms with Gasteiger partial charge in [-0.3, -0.25) is 4.72 Å². The third-order valence-electron chi connectivity index (χ3n) is 2.34. The van der Waals surface area contributed by atoms with E-state index in [0.29, 0.717) is 15.7 Å². The Morgan fingerprint density at radius 3 is 2.55 bits per heavy atom. The average molecular weight is 380 g/mol. The second-order valence-electron chi connectivity index (χ2n) is 3.98. The molecule has 0 aliphatic heterocycles. The number of pyridine rings is 1. The van der Waals surface area contributed by atoms with E-state index in [1.54, 1.807) is 0 Å². The lowest BCUT2D eigenvalue weighted by molar-refractivity contribution is 0.600. The van der Waals surface area contributed by atoms with Gasteiger partial charge in [-0.05, 0) is 39.7 Å². The van der Waals surface area contributed by atoms with Gasteiger partial charge in [0.25, 0.3) is 0 Å². The molecule has 20 heavy (non-hydrogen) atoms. The van der Waals surface area contributed by atoms with Crippen molar-refractivity contribution >= 4 is 43.2 Å². The Labute approximate surface area is 129 Å². The van der Waals surface area contributed by atoms with Gasteiger partial charge >= 0.3 is 0 Å². The first kappa shape index (κ1) is 15.2. The number of hydrogen-bond donors (Lipinski definition) is 1. The third kappa shape index (κ3) is 4.16. The molecule has 0 aliphatic carbocycles. The number of anilines is 1. The van der Waals surface area contributed by atoms with Gasteiger partial charge in [-0.25, -0.2) is 17.8 Å². The largest absolute Gasteiger partial charge is 0.282 e. The first-order valence-electron chi connectivity index (χ1n) is 5.42. The van der Waals surface area contributed by atoms with Gasteiger partial charge in [-0.1, -0.05) is 23.7 Å². The highest BCUT2D eigenvalue weighted by Gasteiger charge is 2.13. The summed E-state index contributed by atoms with van der Waals surface area (Å²) in [7, 11) is -3.61. The normalized spacial score (nSPS) is 11.3. The molecule has 0 radical (unpaired) electrons. The van der Waals surface area contributed by atoms with Crippen LogP contribution < -0.4 is 4.72 Å². The molecule has 1 heterocycles. The zero-order chi connectivity index (χ0) is 14.8. The molecule has 4 nitrogen and oxygen atoms in total. The number of nitrogens with one attached hydrogen (secondary N) is 1. The summed E-state index contributed by atoms with van der Waals surface area (Å²) in [5, 5.41) is 0.242. The summed E-state index contributed by atoms with van der Waals surface area (Å²) in [5.74, 6) is -0.669. The Morgan fingerprint density at radius 1 is 1.30 bits per heavy atom. The monoisotopic (exact) mass is 378 g/mol.